The molecule has 14 heavy (non-hydrogen) atoms. The maximum Gasteiger partial charge on any atom is 0.123 e. The van der Waals surface area contributed by atoms with Crippen LogP contribution in [0.2, 0.25) is 0 Å². The van der Waals surface area contributed by atoms with Crippen molar-refractivity contribution in [2.24, 2.45) is 11.8 Å². The lowest BCUT2D eigenvalue weighted by atomic mass is 9.96. The molecule has 0 spiro atoms. The van der Waals surface area contributed by atoms with Gasteiger partial charge in [-0.15, -0.1) is 0 Å². The fourth-order valence-electron chi connectivity index (χ4n) is 1.75. The van der Waals surface area contributed by atoms with E-state index >= 15 is 0 Å². The van der Waals surface area contributed by atoms with Crippen LogP contribution in [0.25, 0.3) is 0 Å². The molecule has 0 amide bonds. The normalized spacial score (nSPS) is 17.7. The van der Waals surface area contributed by atoms with Gasteiger partial charge in [-0.25, -0.2) is 0 Å². The maximum atomic E-state index is 10.8. The van der Waals surface area contributed by atoms with Gasteiger partial charge in [-0.3, -0.25) is 0 Å². The van der Waals surface area contributed by atoms with Crippen LogP contribution in [0.1, 0.15) is 18.4 Å². The third-order valence-corrected chi connectivity index (χ3v) is 2.81. The molecule has 2 nitrogen and oxygen atoms in total. The number of phenolic OH excluding ortho intramolecular Hbond substituents is 1. The minimum absolute atomic E-state index is 0.180. The van der Waals surface area contributed by atoms with Gasteiger partial charge in [0, 0.05) is 5.92 Å². The molecule has 0 aliphatic heterocycles. The van der Waals surface area contributed by atoms with E-state index in [0.29, 0.717) is 5.92 Å². The molecule has 74 valence electrons. The molecule has 0 saturated heterocycles. The van der Waals surface area contributed by atoms with E-state index in [4.69, 9.17) is 5.11 Å². The Kier molecular flexibility index (Phi) is 2.53. The highest BCUT2D eigenvalue weighted by molar-refractivity contribution is 5.55. The van der Waals surface area contributed by atoms with Crippen molar-refractivity contribution in [3.63, 3.8) is 0 Å². The van der Waals surface area contributed by atoms with E-state index in [1.54, 1.807) is 12.1 Å². The van der Waals surface area contributed by atoms with E-state index in [1.165, 1.54) is 12.8 Å². The van der Waals surface area contributed by atoms with Gasteiger partial charge in [0.2, 0.25) is 0 Å². The van der Waals surface area contributed by atoms with Crippen molar-refractivity contribution >= 4 is 6.29 Å². The van der Waals surface area contributed by atoms with Crippen LogP contribution in [-0.4, -0.2) is 11.4 Å². The number of benzene rings is 1. The molecule has 0 aromatic heterocycles. The third kappa shape index (κ3) is 2.13. The van der Waals surface area contributed by atoms with Crippen molar-refractivity contribution in [1.29, 1.82) is 0 Å². The SMILES string of the molecule is O=CC(Cc1ccc(O)cc1)C1CC1. The number of hydrogen-bond acceptors (Lipinski definition) is 2. The predicted molar refractivity (Wildman–Crippen MR) is 54.1 cm³/mol. The zero-order valence-electron chi connectivity index (χ0n) is 8.02. The van der Waals surface area contributed by atoms with Crippen molar-refractivity contribution < 1.29 is 9.90 Å². The molecule has 1 unspecified atom stereocenters. The molecule has 1 aliphatic rings. The first-order valence-electron chi connectivity index (χ1n) is 5.03. The number of carbonyl (C=O) groups excluding carboxylic acids is 1. The molecule has 0 heterocycles. The van der Waals surface area contributed by atoms with Crippen LogP contribution in [0.3, 0.4) is 0 Å². The molecule has 0 radical (unpaired) electrons. The van der Waals surface area contributed by atoms with Crippen LogP contribution in [0.15, 0.2) is 24.3 Å². The zero-order chi connectivity index (χ0) is 9.97. The summed E-state index contributed by atoms with van der Waals surface area (Å²) in [6, 6.07) is 7.11. The Morgan fingerprint density at radius 2 is 2.00 bits per heavy atom. The van der Waals surface area contributed by atoms with Crippen LogP contribution in [0.4, 0.5) is 0 Å². The van der Waals surface area contributed by atoms with E-state index in [0.717, 1.165) is 18.3 Å². The summed E-state index contributed by atoms with van der Waals surface area (Å²) in [5, 5.41) is 9.10. The lowest BCUT2D eigenvalue weighted by Gasteiger charge is -2.08. The summed E-state index contributed by atoms with van der Waals surface area (Å²) in [7, 11) is 0. The van der Waals surface area contributed by atoms with Crippen molar-refractivity contribution in [2.75, 3.05) is 0 Å². The predicted octanol–water partition coefficient (Wildman–Crippen LogP) is 2.16. The summed E-state index contributed by atoms with van der Waals surface area (Å²) < 4.78 is 0. The molecule has 1 atom stereocenters. The Balaban J connectivity index is 2.01. The first kappa shape index (κ1) is 9.25. The van der Waals surface area contributed by atoms with Crippen molar-refractivity contribution in [3.05, 3.63) is 29.8 Å². The van der Waals surface area contributed by atoms with E-state index in [9.17, 15) is 4.79 Å². The topological polar surface area (TPSA) is 37.3 Å². The van der Waals surface area contributed by atoms with Crippen molar-refractivity contribution in [2.45, 2.75) is 19.3 Å². The number of phenols is 1. The van der Waals surface area contributed by atoms with Gasteiger partial charge in [0.05, 0.1) is 0 Å². The largest absolute Gasteiger partial charge is 0.508 e. The number of rotatable bonds is 4. The Morgan fingerprint density at radius 3 is 2.50 bits per heavy atom. The molecule has 1 aromatic rings. The van der Waals surface area contributed by atoms with Crippen LogP contribution in [0, 0.1) is 11.8 Å². The molecular formula is C12H14O2. The first-order valence-corrected chi connectivity index (χ1v) is 5.03. The number of aldehydes is 1. The highest BCUT2D eigenvalue weighted by Crippen LogP contribution is 2.37. The minimum Gasteiger partial charge on any atom is -0.508 e. The van der Waals surface area contributed by atoms with Crippen molar-refractivity contribution in [3.8, 4) is 5.75 Å². The van der Waals surface area contributed by atoms with E-state index in [-0.39, 0.29) is 11.7 Å². The first-order chi connectivity index (χ1) is 6.79. The van der Waals surface area contributed by atoms with E-state index in [2.05, 4.69) is 0 Å². The van der Waals surface area contributed by atoms with Crippen LogP contribution in [-0.2, 0) is 11.2 Å². The van der Waals surface area contributed by atoms with Crippen LogP contribution in [0.5, 0.6) is 5.75 Å². The van der Waals surface area contributed by atoms with Gasteiger partial charge in [0.15, 0.2) is 0 Å². The minimum atomic E-state index is 0.180. The highest BCUT2D eigenvalue weighted by Gasteiger charge is 2.30. The third-order valence-electron chi connectivity index (χ3n) is 2.81. The second kappa shape index (κ2) is 3.82. The Morgan fingerprint density at radius 1 is 1.36 bits per heavy atom. The molecule has 1 saturated carbocycles. The summed E-state index contributed by atoms with van der Waals surface area (Å²) >= 11 is 0. The van der Waals surface area contributed by atoms with Gasteiger partial charge in [-0.1, -0.05) is 12.1 Å². The molecule has 1 aliphatic carbocycles. The van der Waals surface area contributed by atoms with Crippen LogP contribution < -0.4 is 0 Å². The van der Waals surface area contributed by atoms with Gasteiger partial charge in [0.25, 0.3) is 0 Å². The number of carbonyl (C=O) groups is 1. The van der Waals surface area contributed by atoms with Gasteiger partial charge >= 0.3 is 0 Å². The van der Waals surface area contributed by atoms with Gasteiger partial charge in [-0.05, 0) is 42.9 Å². The lowest BCUT2D eigenvalue weighted by molar-refractivity contribution is -0.111. The number of hydrogen-bond donors (Lipinski definition) is 1. The highest BCUT2D eigenvalue weighted by atomic mass is 16.3. The average molecular weight is 190 g/mol. The summed E-state index contributed by atoms with van der Waals surface area (Å²) in [6.07, 6.45) is 4.28. The Labute approximate surface area is 83.6 Å². The lowest BCUT2D eigenvalue weighted by Crippen LogP contribution is -2.08. The molecule has 0 bridgehead atoms. The fraction of sp³-hybridized carbons (Fsp3) is 0.417. The Bertz CT molecular complexity index is 312. The maximum absolute atomic E-state index is 10.8. The molecular weight excluding hydrogens is 176 g/mol. The fourth-order valence-corrected chi connectivity index (χ4v) is 1.75. The van der Waals surface area contributed by atoms with Gasteiger partial charge in [-0.2, -0.15) is 0 Å². The standard InChI is InChI=1S/C12H14O2/c13-8-11(10-3-4-10)7-9-1-5-12(14)6-2-9/h1-2,5-6,8,10-11,14H,3-4,7H2. The Hall–Kier alpha value is -1.31. The summed E-state index contributed by atoms with van der Waals surface area (Å²) in [4.78, 5) is 10.8. The van der Waals surface area contributed by atoms with Crippen molar-refractivity contribution in [1.82, 2.24) is 0 Å². The molecule has 1 aromatic carbocycles. The van der Waals surface area contributed by atoms with E-state index in [1.807, 2.05) is 12.1 Å². The molecule has 1 fully saturated rings. The monoisotopic (exact) mass is 190 g/mol. The molecule has 2 rings (SSSR count). The average Bonchev–Trinajstić information content (AvgIpc) is 3.01. The second-order valence-electron chi connectivity index (χ2n) is 4.01. The summed E-state index contributed by atoms with van der Waals surface area (Å²) in [5.74, 6) is 1.07. The second-order valence-corrected chi connectivity index (χ2v) is 4.01. The van der Waals surface area contributed by atoms with Gasteiger partial charge in [0.1, 0.15) is 12.0 Å². The van der Waals surface area contributed by atoms with Gasteiger partial charge < -0.3 is 9.90 Å². The number of aromatic hydroxyl groups is 1. The van der Waals surface area contributed by atoms with E-state index < -0.39 is 0 Å². The molecule has 2 heteroatoms. The smallest absolute Gasteiger partial charge is 0.123 e. The van der Waals surface area contributed by atoms with Crippen LogP contribution >= 0.6 is 0 Å². The summed E-state index contributed by atoms with van der Waals surface area (Å²) in [6.45, 7) is 0. The molecule has 1 N–H and O–H groups in total. The summed E-state index contributed by atoms with van der Waals surface area (Å²) in [5.41, 5.74) is 1.13. The quantitative estimate of drug-likeness (QED) is 0.739. The zero-order valence-corrected chi connectivity index (χ0v) is 8.02.